The summed E-state index contributed by atoms with van der Waals surface area (Å²) in [5.74, 6) is 0.612. The van der Waals surface area contributed by atoms with Gasteiger partial charge in [-0.25, -0.2) is 4.98 Å². The molecule has 0 atom stereocenters. The number of pyridine rings is 1. The van der Waals surface area contributed by atoms with Crippen LogP contribution < -0.4 is 4.74 Å². The number of ether oxygens (including phenoxy) is 1. The molecule has 2 nitrogen and oxygen atoms in total. The van der Waals surface area contributed by atoms with Gasteiger partial charge in [0, 0.05) is 22.8 Å². The second-order valence-electron chi connectivity index (χ2n) is 3.10. The molecule has 1 aromatic heterocycles. The molecule has 0 spiro atoms. The van der Waals surface area contributed by atoms with E-state index in [4.69, 9.17) is 16.3 Å². The summed E-state index contributed by atoms with van der Waals surface area (Å²) in [7, 11) is 1.60. The first-order chi connectivity index (χ1) is 7.29. The maximum atomic E-state index is 5.91. The summed E-state index contributed by atoms with van der Waals surface area (Å²) in [5.41, 5.74) is 2.08. The summed E-state index contributed by atoms with van der Waals surface area (Å²) in [6.45, 7) is 0. The fourth-order valence-corrected chi connectivity index (χ4v) is 1.53. The zero-order valence-electron chi connectivity index (χ0n) is 8.27. The Morgan fingerprint density at radius 3 is 2.60 bits per heavy atom. The van der Waals surface area contributed by atoms with Crippen LogP contribution >= 0.6 is 11.6 Å². The summed E-state index contributed by atoms with van der Waals surface area (Å²) in [4.78, 5) is 4.14. The Kier molecular flexibility index (Phi) is 2.88. The molecule has 0 N–H and O–H groups in total. The largest absolute Gasteiger partial charge is 0.481 e. The van der Waals surface area contributed by atoms with Gasteiger partial charge in [-0.05, 0) is 23.8 Å². The molecule has 0 fully saturated rings. The van der Waals surface area contributed by atoms with Crippen molar-refractivity contribution >= 4 is 11.6 Å². The van der Waals surface area contributed by atoms with E-state index < -0.39 is 0 Å². The summed E-state index contributed by atoms with van der Waals surface area (Å²) in [5, 5.41) is 0.725. The van der Waals surface area contributed by atoms with Crippen LogP contribution in [0, 0.1) is 0 Å². The van der Waals surface area contributed by atoms with Crippen LogP contribution in [0.1, 0.15) is 0 Å². The van der Waals surface area contributed by atoms with Crippen molar-refractivity contribution in [3.8, 4) is 17.0 Å². The highest BCUT2D eigenvalue weighted by Crippen LogP contribution is 2.22. The molecule has 0 aliphatic heterocycles. The fraction of sp³-hybridized carbons (Fsp3) is 0.0833. The molecule has 3 heteroatoms. The summed E-state index contributed by atoms with van der Waals surface area (Å²) in [6.07, 6.45) is 1.77. The third-order valence-electron chi connectivity index (χ3n) is 2.10. The highest BCUT2D eigenvalue weighted by atomic mass is 35.5. The SMILES string of the molecule is COc1ccc(-c2cccc(Cl)c2)cn1. The monoisotopic (exact) mass is 219 g/mol. The Balaban J connectivity index is 2.37. The van der Waals surface area contributed by atoms with Crippen LogP contribution in [0.15, 0.2) is 42.6 Å². The van der Waals surface area contributed by atoms with Crippen molar-refractivity contribution in [3.05, 3.63) is 47.6 Å². The molecule has 0 saturated heterocycles. The van der Waals surface area contributed by atoms with Crippen molar-refractivity contribution in [2.45, 2.75) is 0 Å². The van der Waals surface area contributed by atoms with Gasteiger partial charge in [0.25, 0.3) is 0 Å². The van der Waals surface area contributed by atoms with E-state index in [1.54, 1.807) is 13.3 Å². The average Bonchev–Trinajstić information content (AvgIpc) is 2.29. The molecule has 0 aliphatic carbocycles. The second-order valence-corrected chi connectivity index (χ2v) is 3.54. The van der Waals surface area contributed by atoms with E-state index in [9.17, 15) is 0 Å². The lowest BCUT2D eigenvalue weighted by Crippen LogP contribution is -1.86. The maximum Gasteiger partial charge on any atom is 0.212 e. The number of rotatable bonds is 2. The predicted octanol–water partition coefficient (Wildman–Crippen LogP) is 3.41. The topological polar surface area (TPSA) is 22.1 Å². The van der Waals surface area contributed by atoms with Gasteiger partial charge in [-0.2, -0.15) is 0 Å². The van der Waals surface area contributed by atoms with Crippen molar-refractivity contribution in [3.63, 3.8) is 0 Å². The minimum absolute atomic E-state index is 0.612. The Labute approximate surface area is 93.5 Å². The number of hydrogen-bond donors (Lipinski definition) is 0. The van der Waals surface area contributed by atoms with Crippen LogP contribution in [-0.4, -0.2) is 12.1 Å². The summed E-state index contributed by atoms with van der Waals surface area (Å²) in [6, 6.07) is 11.5. The quantitative estimate of drug-likeness (QED) is 0.772. The molecule has 0 unspecified atom stereocenters. The fourth-order valence-electron chi connectivity index (χ4n) is 1.34. The molecule has 0 amide bonds. The lowest BCUT2D eigenvalue weighted by atomic mass is 10.1. The molecule has 0 aliphatic rings. The number of methoxy groups -OCH3 is 1. The van der Waals surface area contributed by atoms with E-state index in [1.807, 2.05) is 36.4 Å². The molecule has 0 radical (unpaired) electrons. The molecule has 2 aromatic rings. The first-order valence-electron chi connectivity index (χ1n) is 4.55. The Hall–Kier alpha value is -1.54. The minimum atomic E-state index is 0.612. The minimum Gasteiger partial charge on any atom is -0.481 e. The molecule has 1 aromatic carbocycles. The van der Waals surface area contributed by atoms with Crippen molar-refractivity contribution < 1.29 is 4.74 Å². The van der Waals surface area contributed by atoms with Crippen molar-refractivity contribution in [1.29, 1.82) is 0 Å². The van der Waals surface area contributed by atoms with E-state index in [2.05, 4.69) is 4.98 Å². The molecular formula is C12H10ClNO. The van der Waals surface area contributed by atoms with Gasteiger partial charge < -0.3 is 4.74 Å². The van der Waals surface area contributed by atoms with E-state index in [1.165, 1.54) is 0 Å². The third kappa shape index (κ3) is 2.28. The number of halogens is 1. The predicted molar refractivity (Wildman–Crippen MR) is 61.2 cm³/mol. The van der Waals surface area contributed by atoms with Crippen LogP contribution in [0.5, 0.6) is 5.88 Å². The zero-order chi connectivity index (χ0) is 10.7. The van der Waals surface area contributed by atoms with Crippen molar-refractivity contribution in [2.75, 3.05) is 7.11 Å². The van der Waals surface area contributed by atoms with E-state index in [-0.39, 0.29) is 0 Å². The van der Waals surface area contributed by atoms with Crippen LogP contribution in [0.25, 0.3) is 11.1 Å². The van der Waals surface area contributed by atoms with Crippen molar-refractivity contribution in [2.24, 2.45) is 0 Å². The van der Waals surface area contributed by atoms with E-state index in [0.29, 0.717) is 5.88 Å². The van der Waals surface area contributed by atoms with E-state index in [0.717, 1.165) is 16.1 Å². The molecular weight excluding hydrogens is 210 g/mol. The van der Waals surface area contributed by atoms with Gasteiger partial charge in [0.2, 0.25) is 5.88 Å². The summed E-state index contributed by atoms with van der Waals surface area (Å²) < 4.78 is 4.99. The molecule has 0 bridgehead atoms. The number of aromatic nitrogens is 1. The Bertz CT molecular complexity index is 453. The zero-order valence-corrected chi connectivity index (χ0v) is 9.03. The number of hydrogen-bond acceptors (Lipinski definition) is 2. The van der Waals surface area contributed by atoms with Crippen LogP contribution in [0.4, 0.5) is 0 Å². The van der Waals surface area contributed by atoms with Gasteiger partial charge >= 0.3 is 0 Å². The standard InChI is InChI=1S/C12H10ClNO/c1-15-12-6-5-10(8-14-12)9-3-2-4-11(13)7-9/h2-8H,1H3. The third-order valence-corrected chi connectivity index (χ3v) is 2.34. The Morgan fingerprint density at radius 1 is 1.13 bits per heavy atom. The molecule has 15 heavy (non-hydrogen) atoms. The molecule has 1 heterocycles. The normalized spacial score (nSPS) is 10.0. The van der Waals surface area contributed by atoms with Crippen LogP contribution in [-0.2, 0) is 0 Å². The first-order valence-corrected chi connectivity index (χ1v) is 4.93. The number of benzene rings is 1. The van der Waals surface area contributed by atoms with Crippen molar-refractivity contribution in [1.82, 2.24) is 4.98 Å². The van der Waals surface area contributed by atoms with Gasteiger partial charge in [-0.15, -0.1) is 0 Å². The highest BCUT2D eigenvalue weighted by Gasteiger charge is 1.99. The molecule has 76 valence electrons. The summed E-state index contributed by atoms with van der Waals surface area (Å²) >= 11 is 5.91. The maximum absolute atomic E-state index is 5.91. The molecule has 0 saturated carbocycles. The van der Waals surface area contributed by atoms with Gasteiger partial charge in [-0.3, -0.25) is 0 Å². The van der Waals surface area contributed by atoms with Gasteiger partial charge in [-0.1, -0.05) is 23.7 Å². The lowest BCUT2D eigenvalue weighted by Gasteiger charge is -2.02. The smallest absolute Gasteiger partial charge is 0.212 e. The average molecular weight is 220 g/mol. The van der Waals surface area contributed by atoms with Gasteiger partial charge in [0.1, 0.15) is 0 Å². The first kappa shape index (κ1) is 9.99. The van der Waals surface area contributed by atoms with Gasteiger partial charge in [0.05, 0.1) is 7.11 Å². The number of nitrogens with zero attached hydrogens (tertiary/aromatic N) is 1. The lowest BCUT2D eigenvalue weighted by molar-refractivity contribution is 0.398. The Morgan fingerprint density at radius 2 is 2.00 bits per heavy atom. The van der Waals surface area contributed by atoms with E-state index >= 15 is 0 Å². The highest BCUT2D eigenvalue weighted by molar-refractivity contribution is 6.30. The van der Waals surface area contributed by atoms with Crippen LogP contribution in [0.2, 0.25) is 5.02 Å². The van der Waals surface area contributed by atoms with Crippen LogP contribution in [0.3, 0.4) is 0 Å². The van der Waals surface area contributed by atoms with Gasteiger partial charge in [0.15, 0.2) is 0 Å². The second kappa shape index (κ2) is 4.32. The molecule has 2 rings (SSSR count).